The predicted octanol–water partition coefficient (Wildman–Crippen LogP) is 3.09. The van der Waals surface area contributed by atoms with Crippen LogP contribution in [-0.4, -0.2) is 33.1 Å². The molecule has 0 aliphatic carbocycles. The van der Waals surface area contributed by atoms with Crippen molar-refractivity contribution in [3.63, 3.8) is 0 Å². The molecule has 0 bridgehead atoms. The van der Waals surface area contributed by atoms with E-state index in [1.807, 2.05) is 25.1 Å². The topological polar surface area (TPSA) is 40.0 Å². The monoisotopic (exact) mass is 265 g/mol. The van der Waals surface area contributed by atoms with Crippen molar-refractivity contribution in [1.82, 2.24) is 0 Å². The first-order valence-corrected chi connectivity index (χ1v) is 6.40. The molecule has 19 heavy (non-hydrogen) atoms. The van der Waals surface area contributed by atoms with Crippen molar-refractivity contribution in [3.05, 3.63) is 23.8 Å². The summed E-state index contributed by atoms with van der Waals surface area (Å²) in [5.74, 6) is 1.46. The summed E-state index contributed by atoms with van der Waals surface area (Å²) in [4.78, 5) is 4.56. The van der Waals surface area contributed by atoms with E-state index < -0.39 is 0 Å². The maximum atomic E-state index is 5.36. The average molecular weight is 265 g/mol. The van der Waals surface area contributed by atoms with Crippen LogP contribution < -0.4 is 9.47 Å². The number of benzene rings is 1. The lowest BCUT2D eigenvalue weighted by Crippen LogP contribution is -2.19. The van der Waals surface area contributed by atoms with Crippen molar-refractivity contribution in [2.75, 3.05) is 21.3 Å². The SMILES string of the molecule is CCC(OC)C(C)=NCc1ccc(OC)c(OC)c1. The summed E-state index contributed by atoms with van der Waals surface area (Å²) >= 11 is 0. The molecule has 1 unspecified atom stereocenters. The lowest BCUT2D eigenvalue weighted by Gasteiger charge is -2.13. The van der Waals surface area contributed by atoms with E-state index in [4.69, 9.17) is 14.2 Å². The van der Waals surface area contributed by atoms with Gasteiger partial charge in [0.15, 0.2) is 11.5 Å². The van der Waals surface area contributed by atoms with Crippen molar-refractivity contribution in [2.45, 2.75) is 32.9 Å². The number of aliphatic imine (C=N–C) groups is 1. The molecule has 0 N–H and O–H groups in total. The van der Waals surface area contributed by atoms with E-state index in [0.29, 0.717) is 6.54 Å². The van der Waals surface area contributed by atoms with Gasteiger partial charge in [-0.2, -0.15) is 0 Å². The maximum absolute atomic E-state index is 5.36. The number of rotatable bonds is 7. The van der Waals surface area contributed by atoms with Crippen molar-refractivity contribution in [2.24, 2.45) is 4.99 Å². The van der Waals surface area contributed by atoms with Crippen LogP contribution in [0.4, 0.5) is 0 Å². The summed E-state index contributed by atoms with van der Waals surface area (Å²) in [6, 6.07) is 5.84. The maximum Gasteiger partial charge on any atom is 0.161 e. The standard InChI is InChI=1S/C15H23NO3/c1-6-13(17-3)11(2)16-10-12-7-8-14(18-4)15(9-12)19-5/h7-9,13H,6,10H2,1-5H3. The second-order valence-electron chi connectivity index (χ2n) is 4.28. The van der Waals surface area contributed by atoms with Gasteiger partial charge in [-0.25, -0.2) is 0 Å². The Labute approximate surface area is 115 Å². The van der Waals surface area contributed by atoms with Crippen molar-refractivity contribution >= 4 is 5.71 Å². The average Bonchev–Trinajstić information content (AvgIpc) is 2.45. The quantitative estimate of drug-likeness (QED) is 0.711. The fraction of sp³-hybridized carbons (Fsp3) is 0.533. The van der Waals surface area contributed by atoms with Gasteiger partial charge < -0.3 is 14.2 Å². The zero-order chi connectivity index (χ0) is 14.3. The Bertz CT molecular complexity index is 425. The number of hydrogen-bond acceptors (Lipinski definition) is 4. The number of methoxy groups -OCH3 is 3. The van der Waals surface area contributed by atoms with Crippen molar-refractivity contribution in [1.29, 1.82) is 0 Å². The van der Waals surface area contributed by atoms with Gasteiger partial charge in [0.2, 0.25) is 0 Å². The molecule has 4 nitrogen and oxygen atoms in total. The highest BCUT2D eigenvalue weighted by molar-refractivity contribution is 5.86. The highest BCUT2D eigenvalue weighted by Crippen LogP contribution is 2.27. The highest BCUT2D eigenvalue weighted by atomic mass is 16.5. The molecule has 0 spiro atoms. The van der Waals surface area contributed by atoms with E-state index in [0.717, 1.165) is 29.2 Å². The lowest BCUT2D eigenvalue weighted by atomic mass is 10.1. The lowest BCUT2D eigenvalue weighted by molar-refractivity contribution is 0.152. The minimum Gasteiger partial charge on any atom is -0.493 e. The summed E-state index contributed by atoms with van der Waals surface area (Å²) in [6.45, 7) is 4.70. The molecule has 0 amide bonds. The Morgan fingerprint density at radius 2 is 1.84 bits per heavy atom. The van der Waals surface area contributed by atoms with Crippen LogP contribution in [0.5, 0.6) is 11.5 Å². The smallest absolute Gasteiger partial charge is 0.161 e. The first kappa shape index (κ1) is 15.5. The third-order valence-electron chi connectivity index (χ3n) is 3.08. The predicted molar refractivity (Wildman–Crippen MR) is 77.4 cm³/mol. The third-order valence-corrected chi connectivity index (χ3v) is 3.08. The van der Waals surface area contributed by atoms with Crippen molar-refractivity contribution < 1.29 is 14.2 Å². The van der Waals surface area contributed by atoms with Gasteiger partial charge in [-0.3, -0.25) is 4.99 Å². The molecule has 0 aromatic heterocycles. The summed E-state index contributed by atoms with van der Waals surface area (Å²) < 4.78 is 15.8. The molecule has 0 aliphatic rings. The molecular formula is C15H23NO3. The number of nitrogens with zero attached hydrogens (tertiary/aromatic N) is 1. The fourth-order valence-corrected chi connectivity index (χ4v) is 1.93. The largest absolute Gasteiger partial charge is 0.493 e. The molecule has 0 radical (unpaired) electrons. The summed E-state index contributed by atoms with van der Waals surface area (Å²) in [7, 11) is 4.97. The van der Waals surface area contributed by atoms with Crippen LogP contribution in [0.1, 0.15) is 25.8 Å². The minimum absolute atomic E-state index is 0.0974. The Balaban J connectivity index is 2.80. The molecule has 1 rings (SSSR count). The minimum atomic E-state index is 0.0974. The van der Waals surface area contributed by atoms with Crippen LogP contribution >= 0.6 is 0 Å². The van der Waals surface area contributed by atoms with E-state index in [-0.39, 0.29) is 6.10 Å². The van der Waals surface area contributed by atoms with E-state index in [9.17, 15) is 0 Å². The van der Waals surface area contributed by atoms with Crippen LogP contribution in [0.25, 0.3) is 0 Å². The van der Waals surface area contributed by atoms with Gasteiger partial charge >= 0.3 is 0 Å². The molecule has 0 aliphatic heterocycles. The van der Waals surface area contributed by atoms with Gasteiger partial charge in [-0.05, 0) is 31.0 Å². The zero-order valence-electron chi connectivity index (χ0n) is 12.4. The van der Waals surface area contributed by atoms with Gasteiger partial charge in [0.25, 0.3) is 0 Å². The summed E-state index contributed by atoms with van der Waals surface area (Å²) in [5, 5.41) is 0. The van der Waals surface area contributed by atoms with E-state index in [1.54, 1.807) is 21.3 Å². The first-order valence-electron chi connectivity index (χ1n) is 6.40. The number of hydrogen-bond donors (Lipinski definition) is 0. The first-order chi connectivity index (χ1) is 9.15. The second kappa shape index (κ2) is 7.79. The van der Waals surface area contributed by atoms with Gasteiger partial charge in [-0.15, -0.1) is 0 Å². The summed E-state index contributed by atoms with van der Waals surface area (Å²) in [6.07, 6.45) is 1.03. The normalized spacial score (nSPS) is 13.2. The Hall–Kier alpha value is -1.55. The number of ether oxygens (including phenoxy) is 3. The highest BCUT2D eigenvalue weighted by Gasteiger charge is 2.08. The molecule has 0 fully saturated rings. The van der Waals surface area contributed by atoms with Gasteiger partial charge in [0.05, 0.1) is 26.9 Å². The molecule has 0 saturated carbocycles. The summed E-state index contributed by atoms with van der Waals surface area (Å²) in [5.41, 5.74) is 2.10. The molecule has 1 aromatic rings. The Morgan fingerprint density at radius 3 is 2.37 bits per heavy atom. The Kier molecular flexibility index (Phi) is 6.36. The fourth-order valence-electron chi connectivity index (χ4n) is 1.93. The van der Waals surface area contributed by atoms with Gasteiger partial charge in [-0.1, -0.05) is 13.0 Å². The van der Waals surface area contributed by atoms with Crippen LogP contribution in [-0.2, 0) is 11.3 Å². The zero-order valence-corrected chi connectivity index (χ0v) is 12.4. The molecule has 1 atom stereocenters. The van der Waals surface area contributed by atoms with E-state index >= 15 is 0 Å². The molecule has 106 valence electrons. The van der Waals surface area contributed by atoms with Crippen LogP contribution in [0.15, 0.2) is 23.2 Å². The molecular weight excluding hydrogens is 242 g/mol. The van der Waals surface area contributed by atoms with E-state index in [2.05, 4.69) is 11.9 Å². The Morgan fingerprint density at radius 1 is 1.16 bits per heavy atom. The third kappa shape index (κ3) is 4.24. The molecule has 1 aromatic carbocycles. The van der Waals surface area contributed by atoms with Crippen LogP contribution in [0, 0.1) is 0 Å². The van der Waals surface area contributed by atoms with Gasteiger partial charge in [0.1, 0.15) is 0 Å². The molecule has 0 saturated heterocycles. The van der Waals surface area contributed by atoms with Crippen LogP contribution in [0.3, 0.4) is 0 Å². The van der Waals surface area contributed by atoms with E-state index in [1.165, 1.54) is 0 Å². The molecule has 0 heterocycles. The van der Waals surface area contributed by atoms with Gasteiger partial charge in [0, 0.05) is 12.8 Å². The second-order valence-corrected chi connectivity index (χ2v) is 4.28. The van der Waals surface area contributed by atoms with Crippen LogP contribution in [0.2, 0.25) is 0 Å². The molecule has 4 heteroatoms. The van der Waals surface area contributed by atoms with Crippen molar-refractivity contribution in [3.8, 4) is 11.5 Å².